The van der Waals surface area contributed by atoms with Crippen LogP contribution in [0, 0.1) is 0 Å². The number of halogens is 7. The molecule has 1 aromatic rings. The average molecular weight is 437 g/mol. The highest BCUT2D eigenvalue weighted by Crippen LogP contribution is 2.84. The van der Waals surface area contributed by atoms with Crippen molar-refractivity contribution in [2.24, 2.45) is 13.5 Å². The van der Waals surface area contributed by atoms with E-state index in [4.69, 9.17) is 45.0 Å². The quantitative estimate of drug-likeness (QED) is 0.401. The van der Waals surface area contributed by atoms with Crippen molar-refractivity contribution in [3.05, 3.63) is 29.8 Å². The van der Waals surface area contributed by atoms with Crippen molar-refractivity contribution in [2.45, 2.75) is 6.18 Å². The predicted octanol–water partition coefficient (Wildman–Crippen LogP) is 7.94. The van der Waals surface area contributed by atoms with Crippen LogP contribution in [0.15, 0.2) is 37.8 Å². The van der Waals surface area contributed by atoms with Gasteiger partial charge >= 0.3 is 6.18 Å². The second-order valence-electron chi connectivity index (χ2n) is 4.14. The molecule has 21 heavy (non-hydrogen) atoms. The minimum absolute atomic E-state index is 0.460. The first kappa shape index (κ1) is 18.2. The van der Waals surface area contributed by atoms with Crippen LogP contribution in [0.5, 0.6) is 0 Å². The molecule has 1 unspecified atom stereocenters. The average Bonchev–Trinajstić information content (AvgIpc) is 2.23. The van der Waals surface area contributed by atoms with E-state index in [-0.39, 0.29) is 0 Å². The maximum Gasteiger partial charge on any atom is 0.416 e. The van der Waals surface area contributed by atoms with E-state index in [0.29, 0.717) is 5.30 Å². The molecule has 0 bridgehead atoms. The zero-order valence-electron chi connectivity index (χ0n) is 10.1. The van der Waals surface area contributed by atoms with Gasteiger partial charge in [-0.2, -0.15) is 17.7 Å². The van der Waals surface area contributed by atoms with Gasteiger partial charge in [0.2, 0.25) is 0 Å². The monoisotopic (exact) mass is 435 g/mol. The van der Waals surface area contributed by atoms with Crippen LogP contribution in [0.4, 0.5) is 13.2 Å². The third-order valence-corrected chi connectivity index (χ3v) is 14.8. The number of benzene rings is 1. The van der Waals surface area contributed by atoms with Crippen LogP contribution in [0.2, 0.25) is 0 Å². The molecule has 0 saturated carbocycles. The highest BCUT2D eigenvalue weighted by Gasteiger charge is 2.33. The van der Waals surface area contributed by atoms with Crippen LogP contribution >= 0.6 is 64.0 Å². The van der Waals surface area contributed by atoms with Gasteiger partial charge in [-0.3, -0.25) is 0 Å². The second-order valence-corrected chi connectivity index (χ2v) is 17.1. The molecule has 0 aliphatic carbocycles. The summed E-state index contributed by atoms with van der Waals surface area (Å²) in [4.78, 5) is 0. The first-order chi connectivity index (χ1) is 9.33. The number of hydrogen-bond acceptors (Lipinski definition) is 3. The van der Waals surface area contributed by atoms with E-state index in [1.165, 1.54) is 12.1 Å². The number of nitrogens with zero attached hydrogens (tertiary/aromatic N) is 3. The Kier molecular flexibility index (Phi) is 4.98. The largest absolute Gasteiger partial charge is 0.416 e. The summed E-state index contributed by atoms with van der Waals surface area (Å²) in [7, 11) is -2.67. The lowest BCUT2D eigenvalue weighted by Crippen LogP contribution is -2.08. The molecule has 1 atom stereocenters. The van der Waals surface area contributed by atoms with Crippen molar-refractivity contribution in [1.29, 1.82) is 0 Å². The molecule has 0 N–H and O–H groups in total. The molecular formula is C8H7Cl4F3N3P3. The summed E-state index contributed by atoms with van der Waals surface area (Å²) in [5, 5.41) is 0.460. The first-order valence-corrected chi connectivity index (χ1v) is 14.3. The Labute approximate surface area is 138 Å². The Hall–Kier alpha value is 0.860. The molecule has 3 nitrogen and oxygen atoms in total. The lowest BCUT2D eigenvalue weighted by molar-refractivity contribution is -0.137. The van der Waals surface area contributed by atoms with Crippen LogP contribution in [0.1, 0.15) is 5.56 Å². The molecule has 1 aromatic carbocycles. The molecule has 0 fully saturated rings. The van der Waals surface area contributed by atoms with E-state index in [1.807, 2.05) is 0 Å². The zero-order chi connectivity index (χ0) is 16.1. The van der Waals surface area contributed by atoms with E-state index in [1.54, 1.807) is 6.66 Å². The van der Waals surface area contributed by atoms with Crippen molar-refractivity contribution < 1.29 is 13.2 Å². The third-order valence-electron chi connectivity index (χ3n) is 2.46. The molecule has 118 valence electrons. The smallest absolute Gasteiger partial charge is 0.209 e. The van der Waals surface area contributed by atoms with Crippen molar-refractivity contribution in [3.8, 4) is 0 Å². The molecule has 0 saturated heterocycles. The molecule has 0 aromatic heterocycles. The van der Waals surface area contributed by atoms with Crippen molar-refractivity contribution in [1.82, 2.24) is 0 Å². The maximum absolute atomic E-state index is 12.6. The molecule has 2 rings (SSSR count). The Morgan fingerprint density at radius 2 is 1.33 bits per heavy atom. The molecule has 0 amide bonds. The zero-order valence-corrected chi connectivity index (χ0v) is 15.8. The highest BCUT2D eigenvalue weighted by atomic mass is 35.9. The van der Waals surface area contributed by atoms with Crippen LogP contribution in [0.25, 0.3) is 0 Å². The van der Waals surface area contributed by atoms with Gasteiger partial charge in [0.15, 0.2) is 0 Å². The van der Waals surface area contributed by atoms with Gasteiger partial charge in [-0.05, 0) is 63.8 Å². The molecule has 0 spiro atoms. The van der Waals surface area contributed by atoms with E-state index in [0.717, 1.165) is 12.1 Å². The fourth-order valence-electron chi connectivity index (χ4n) is 1.64. The summed E-state index contributed by atoms with van der Waals surface area (Å²) >= 11 is 23.9. The van der Waals surface area contributed by atoms with Gasteiger partial charge in [-0.15, -0.1) is 0 Å². The van der Waals surface area contributed by atoms with Crippen LogP contribution in [-0.4, -0.2) is 6.66 Å². The Morgan fingerprint density at radius 3 is 1.76 bits per heavy atom. The maximum atomic E-state index is 12.6. The van der Waals surface area contributed by atoms with Crippen LogP contribution < -0.4 is 5.30 Å². The minimum atomic E-state index is -4.42. The van der Waals surface area contributed by atoms with Crippen molar-refractivity contribution in [2.75, 3.05) is 6.66 Å². The van der Waals surface area contributed by atoms with Gasteiger partial charge in [0.1, 0.15) is 7.21 Å². The van der Waals surface area contributed by atoms with Crippen molar-refractivity contribution >= 4 is 69.3 Å². The van der Waals surface area contributed by atoms with Crippen LogP contribution in [-0.2, 0) is 6.18 Å². The van der Waals surface area contributed by atoms with E-state index >= 15 is 0 Å². The van der Waals surface area contributed by atoms with Gasteiger partial charge in [-0.25, -0.2) is 9.03 Å². The van der Waals surface area contributed by atoms with Gasteiger partial charge in [0.05, 0.1) is 5.56 Å². The summed E-state index contributed by atoms with van der Waals surface area (Å²) < 4.78 is 50.0. The molecule has 0 radical (unpaired) electrons. The second kappa shape index (κ2) is 5.74. The van der Waals surface area contributed by atoms with E-state index in [2.05, 4.69) is 13.5 Å². The first-order valence-electron chi connectivity index (χ1n) is 5.19. The molecular weight excluding hydrogens is 430 g/mol. The highest BCUT2D eigenvalue weighted by molar-refractivity contribution is 8.21. The lowest BCUT2D eigenvalue weighted by atomic mass is 10.2. The Morgan fingerprint density at radius 1 is 0.857 bits per heavy atom. The predicted molar refractivity (Wildman–Crippen MR) is 88.5 cm³/mol. The normalized spacial score (nSPS) is 27.2. The molecule has 13 heteroatoms. The molecule has 1 heterocycles. The number of alkyl halides is 3. The topological polar surface area (TPSA) is 37.1 Å². The van der Waals surface area contributed by atoms with Gasteiger partial charge in [0.25, 0.3) is 11.8 Å². The fraction of sp³-hybridized carbons (Fsp3) is 0.250. The summed E-state index contributed by atoms with van der Waals surface area (Å²) in [6.07, 6.45) is -4.42. The lowest BCUT2D eigenvalue weighted by Gasteiger charge is -2.24. The van der Waals surface area contributed by atoms with E-state index < -0.39 is 30.8 Å². The van der Waals surface area contributed by atoms with Crippen LogP contribution in [0.3, 0.4) is 0 Å². The fourth-order valence-corrected chi connectivity index (χ4v) is 18.5. The standard InChI is InChI=1S/C8H7Cl4F3N3P3/c1-19(16-20(9,10)18-21(11,12)17-19)7-4-2-6(3-5-7)8(13,14)15/h2-5H,1H3. The van der Waals surface area contributed by atoms with Gasteiger partial charge in [-0.1, -0.05) is 12.1 Å². The summed E-state index contributed by atoms with van der Waals surface area (Å²) in [6, 6.07) is 4.47. The summed E-state index contributed by atoms with van der Waals surface area (Å²) in [5.41, 5.74) is -0.768. The third kappa shape index (κ3) is 4.44. The van der Waals surface area contributed by atoms with Crippen molar-refractivity contribution in [3.63, 3.8) is 0 Å². The van der Waals surface area contributed by atoms with E-state index in [9.17, 15) is 13.2 Å². The number of rotatable bonds is 1. The van der Waals surface area contributed by atoms with Gasteiger partial charge < -0.3 is 0 Å². The SMILES string of the molecule is CP1(c2ccc(C(F)(F)F)cc2)=NP(Cl)(Cl)=NP(Cl)(Cl)=N1. The minimum Gasteiger partial charge on any atom is -0.209 e. The molecule has 1 aliphatic heterocycles. The summed E-state index contributed by atoms with van der Waals surface area (Å²) in [6.45, 7) is 1.63. The Bertz CT molecular complexity index is 724. The molecule has 1 aliphatic rings. The Balaban J connectivity index is 2.59. The van der Waals surface area contributed by atoms with Gasteiger partial charge in [0, 0.05) is 5.30 Å². The number of hydrogen-bond donors (Lipinski definition) is 0. The summed E-state index contributed by atoms with van der Waals surface area (Å²) in [5.74, 6) is -6.15.